The van der Waals surface area contributed by atoms with Crippen molar-refractivity contribution in [3.05, 3.63) is 22.2 Å². The molecular weight excluding hydrogens is 226 g/mol. The summed E-state index contributed by atoms with van der Waals surface area (Å²) in [5.41, 5.74) is 5.65. The highest BCUT2D eigenvalue weighted by molar-refractivity contribution is 5.35. The number of hydrogen-bond acceptors (Lipinski definition) is 6. The zero-order chi connectivity index (χ0) is 12.6. The zero-order valence-corrected chi connectivity index (χ0v) is 9.41. The average molecular weight is 241 g/mol. The van der Waals surface area contributed by atoms with Gasteiger partial charge in [0, 0.05) is 18.2 Å². The molecule has 7 heteroatoms. The molecule has 1 aliphatic heterocycles. The van der Waals surface area contributed by atoms with Gasteiger partial charge in [-0.25, -0.2) is 4.79 Å². The van der Waals surface area contributed by atoms with Crippen molar-refractivity contribution in [1.82, 2.24) is 9.55 Å². The second-order valence-corrected chi connectivity index (χ2v) is 4.11. The Labute approximate surface area is 97.5 Å². The molecule has 7 nitrogen and oxygen atoms in total. The molecular formula is C10H15N3O4. The molecule has 2 rings (SSSR count). The van der Waals surface area contributed by atoms with Crippen molar-refractivity contribution >= 4 is 5.82 Å². The Morgan fingerprint density at radius 3 is 3.00 bits per heavy atom. The molecule has 17 heavy (non-hydrogen) atoms. The van der Waals surface area contributed by atoms with E-state index in [0.29, 0.717) is 5.56 Å². The molecule has 2 heterocycles. The lowest BCUT2D eigenvalue weighted by atomic mass is 10.2. The Morgan fingerprint density at radius 1 is 1.71 bits per heavy atom. The fraction of sp³-hybridized carbons (Fsp3) is 0.600. The van der Waals surface area contributed by atoms with E-state index in [9.17, 15) is 9.90 Å². The van der Waals surface area contributed by atoms with Crippen molar-refractivity contribution in [2.75, 3.05) is 12.3 Å². The Morgan fingerprint density at radius 2 is 2.41 bits per heavy atom. The number of aliphatic hydroxyl groups excluding tert-OH is 2. The van der Waals surface area contributed by atoms with Crippen LogP contribution in [0.5, 0.6) is 0 Å². The van der Waals surface area contributed by atoms with E-state index in [2.05, 4.69) is 4.98 Å². The highest BCUT2D eigenvalue weighted by atomic mass is 16.5. The lowest BCUT2D eigenvalue weighted by Gasteiger charge is -2.15. The minimum atomic E-state index is -0.783. The molecule has 1 aliphatic rings. The minimum absolute atomic E-state index is 0.184. The first kappa shape index (κ1) is 12.0. The maximum Gasteiger partial charge on any atom is 0.351 e. The van der Waals surface area contributed by atoms with Gasteiger partial charge in [0.2, 0.25) is 0 Å². The van der Waals surface area contributed by atoms with E-state index in [0.717, 1.165) is 0 Å². The molecule has 1 saturated heterocycles. The fourth-order valence-electron chi connectivity index (χ4n) is 1.84. The molecule has 4 N–H and O–H groups in total. The average Bonchev–Trinajstić information content (AvgIpc) is 2.65. The molecule has 0 aliphatic carbocycles. The Kier molecular flexibility index (Phi) is 3.14. The van der Waals surface area contributed by atoms with Gasteiger partial charge in [-0.3, -0.25) is 4.57 Å². The van der Waals surface area contributed by atoms with E-state index in [4.69, 9.17) is 15.6 Å². The molecule has 0 amide bonds. The van der Waals surface area contributed by atoms with E-state index < -0.39 is 24.1 Å². The van der Waals surface area contributed by atoms with Crippen molar-refractivity contribution in [2.24, 2.45) is 0 Å². The van der Waals surface area contributed by atoms with Crippen LogP contribution in [-0.4, -0.2) is 38.6 Å². The van der Waals surface area contributed by atoms with Gasteiger partial charge in [0.05, 0.1) is 12.7 Å². The minimum Gasteiger partial charge on any atom is -0.394 e. The summed E-state index contributed by atoms with van der Waals surface area (Å²) in [4.78, 5) is 15.3. The second-order valence-electron chi connectivity index (χ2n) is 4.11. The van der Waals surface area contributed by atoms with Crippen molar-refractivity contribution < 1.29 is 14.9 Å². The molecule has 3 atom stereocenters. The van der Waals surface area contributed by atoms with Gasteiger partial charge >= 0.3 is 5.69 Å². The highest BCUT2D eigenvalue weighted by Crippen LogP contribution is 2.27. The van der Waals surface area contributed by atoms with Crippen molar-refractivity contribution in [3.63, 3.8) is 0 Å². The van der Waals surface area contributed by atoms with Gasteiger partial charge in [-0.05, 0) is 6.92 Å². The molecule has 1 fully saturated rings. The number of aryl methyl sites for hydroxylation is 1. The highest BCUT2D eigenvalue weighted by Gasteiger charge is 2.35. The summed E-state index contributed by atoms with van der Waals surface area (Å²) in [6, 6.07) is 0. The first-order valence-corrected chi connectivity index (χ1v) is 5.32. The first-order chi connectivity index (χ1) is 8.02. The van der Waals surface area contributed by atoms with Gasteiger partial charge in [0.25, 0.3) is 0 Å². The number of rotatable bonds is 2. The maximum absolute atomic E-state index is 11.6. The summed E-state index contributed by atoms with van der Waals surface area (Å²) in [7, 11) is 0. The Bertz CT molecular complexity index is 473. The van der Waals surface area contributed by atoms with Gasteiger partial charge < -0.3 is 20.7 Å². The van der Waals surface area contributed by atoms with Crippen molar-refractivity contribution in [2.45, 2.75) is 31.8 Å². The van der Waals surface area contributed by atoms with Gasteiger partial charge in [-0.15, -0.1) is 0 Å². The number of nitrogens with two attached hydrogens (primary N) is 1. The van der Waals surface area contributed by atoms with Crippen LogP contribution in [0.1, 0.15) is 18.2 Å². The van der Waals surface area contributed by atoms with Gasteiger partial charge in [0.1, 0.15) is 18.1 Å². The van der Waals surface area contributed by atoms with E-state index in [1.54, 1.807) is 13.1 Å². The van der Waals surface area contributed by atoms with Gasteiger partial charge in [-0.1, -0.05) is 0 Å². The third-order valence-electron chi connectivity index (χ3n) is 2.87. The van der Waals surface area contributed by atoms with Crippen LogP contribution in [0.15, 0.2) is 11.0 Å². The van der Waals surface area contributed by atoms with Crippen LogP contribution in [0, 0.1) is 6.92 Å². The summed E-state index contributed by atoms with van der Waals surface area (Å²) in [6.07, 6.45) is -0.265. The predicted molar refractivity (Wildman–Crippen MR) is 59.3 cm³/mol. The topological polar surface area (TPSA) is 111 Å². The Hall–Kier alpha value is -1.44. The van der Waals surface area contributed by atoms with Crippen molar-refractivity contribution in [3.8, 4) is 0 Å². The predicted octanol–water partition coefficient (Wildman–Crippen LogP) is -1.23. The molecule has 0 radical (unpaired) electrons. The third kappa shape index (κ3) is 2.17. The van der Waals surface area contributed by atoms with E-state index in [-0.39, 0.29) is 18.8 Å². The van der Waals surface area contributed by atoms with Crippen LogP contribution in [0.3, 0.4) is 0 Å². The number of anilines is 1. The summed E-state index contributed by atoms with van der Waals surface area (Å²) < 4.78 is 6.65. The van der Waals surface area contributed by atoms with Crippen LogP contribution in [0.25, 0.3) is 0 Å². The molecule has 0 aromatic carbocycles. The summed E-state index contributed by atoms with van der Waals surface area (Å²) in [5, 5.41) is 18.6. The van der Waals surface area contributed by atoms with Crippen LogP contribution in [-0.2, 0) is 4.74 Å². The van der Waals surface area contributed by atoms with Crippen molar-refractivity contribution in [1.29, 1.82) is 0 Å². The largest absolute Gasteiger partial charge is 0.394 e. The molecule has 1 aromatic heterocycles. The van der Waals surface area contributed by atoms with Gasteiger partial charge in [0.15, 0.2) is 0 Å². The molecule has 94 valence electrons. The maximum atomic E-state index is 11.6. The number of hydrogen-bond donors (Lipinski definition) is 3. The van der Waals surface area contributed by atoms with Crippen LogP contribution >= 0.6 is 0 Å². The molecule has 0 bridgehead atoms. The zero-order valence-electron chi connectivity index (χ0n) is 9.41. The lowest BCUT2D eigenvalue weighted by Crippen LogP contribution is -2.28. The third-order valence-corrected chi connectivity index (χ3v) is 2.87. The van der Waals surface area contributed by atoms with E-state index >= 15 is 0 Å². The normalized spacial score (nSPS) is 28.5. The van der Waals surface area contributed by atoms with Crippen LogP contribution < -0.4 is 11.4 Å². The quantitative estimate of drug-likeness (QED) is 0.598. The number of ether oxygens (including phenoxy) is 1. The SMILES string of the molecule is Cc1cn([C@@H]2C[C@H](O)[C@@H](CO)O2)c(=O)nc1N. The summed E-state index contributed by atoms with van der Waals surface area (Å²) in [5.74, 6) is 0.184. The number of aromatic nitrogens is 2. The molecule has 0 unspecified atom stereocenters. The standard InChI is InChI=1S/C10H15N3O4/c1-5-3-13(10(16)12-9(5)11)8-2-6(15)7(4-14)17-8/h3,6-8,14-15H,2,4H2,1H3,(H2,11,12,16)/t6-,7+,8-/m0/s1. The van der Waals surface area contributed by atoms with E-state index in [1.807, 2.05) is 0 Å². The molecule has 1 aromatic rings. The van der Waals surface area contributed by atoms with Crippen LogP contribution in [0.4, 0.5) is 5.82 Å². The smallest absolute Gasteiger partial charge is 0.351 e. The first-order valence-electron chi connectivity index (χ1n) is 5.32. The number of nitrogen functional groups attached to an aromatic ring is 1. The summed E-state index contributed by atoms with van der Waals surface area (Å²) >= 11 is 0. The van der Waals surface area contributed by atoms with Gasteiger partial charge in [-0.2, -0.15) is 4.98 Å². The van der Waals surface area contributed by atoms with Crippen LogP contribution in [0.2, 0.25) is 0 Å². The monoisotopic (exact) mass is 241 g/mol. The second kappa shape index (κ2) is 4.44. The summed E-state index contributed by atoms with van der Waals surface area (Å²) in [6.45, 7) is 1.45. The molecule has 0 saturated carbocycles. The fourth-order valence-corrected chi connectivity index (χ4v) is 1.84. The molecule has 0 spiro atoms. The number of aliphatic hydroxyl groups is 2. The number of nitrogens with zero attached hydrogens (tertiary/aromatic N) is 2. The Balaban J connectivity index is 2.30. The lowest BCUT2D eigenvalue weighted by molar-refractivity contribution is -0.0459. The van der Waals surface area contributed by atoms with E-state index in [1.165, 1.54) is 4.57 Å².